The van der Waals surface area contributed by atoms with Gasteiger partial charge < -0.3 is 82.1 Å². The fraction of sp³-hybridized carbons (Fsp3) is 0.500. The first kappa shape index (κ1) is 89.0. The normalized spacial score (nSPS) is 15.9. The van der Waals surface area contributed by atoms with E-state index in [9.17, 15) is 57.5 Å². The molecule has 4 N–H and O–H groups in total. The number of carbonyl (C=O) groups excluding carboxylic acids is 9. The molecule has 0 saturated carbocycles. The molecule has 5 aromatic carbocycles. The van der Waals surface area contributed by atoms with E-state index in [0.717, 1.165) is 22.5 Å². The van der Waals surface area contributed by atoms with Crippen molar-refractivity contribution in [1.82, 2.24) is 20.0 Å². The number of ether oxygens (including phenoxy) is 10. The van der Waals surface area contributed by atoms with Gasteiger partial charge in [-0.1, -0.05) is 81.4 Å². The van der Waals surface area contributed by atoms with Crippen LogP contribution in [0.25, 0.3) is 21.5 Å². The Morgan fingerprint density at radius 2 is 1.10 bits per heavy atom. The summed E-state index contributed by atoms with van der Waals surface area (Å²) in [5.74, 6) is -3.74. The number of nitrogens with one attached hydrogen (secondary N) is 2. The Balaban J connectivity index is 0.692. The number of halogens is 2. The quantitative estimate of drug-likeness (QED) is 0.0119. The number of likely N-dealkylation sites (tertiary alicyclic amines) is 1. The molecule has 1 aromatic heterocycles. The number of phosphoric acid groups is 1. The number of carbonyl (C=O) groups is 9. The first-order chi connectivity index (χ1) is 54.5. The van der Waals surface area contributed by atoms with Crippen LogP contribution in [0.1, 0.15) is 87.9 Å². The number of thioether (sulfide) groups is 1. The third kappa shape index (κ3) is 24.8. The van der Waals surface area contributed by atoms with Crippen LogP contribution >= 0.6 is 54.1 Å². The molecule has 0 aliphatic carbocycles. The number of rotatable bonds is 47. The lowest BCUT2D eigenvalue weighted by molar-refractivity contribution is -0.139. The number of hydrogen-bond acceptors (Lipinski definition) is 23. The Labute approximate surface area is 674 Å². The van der Waals surface area contributed by atoms with Crippen LogP contribution in [-0.2, 0) is 77.8 Å². The van der Waals surface area contributed by atoms with Crippen molar-refractivity contribution < 1.29 is 109 Å². The minimum atomic E-state index is -5.02. The highest BCUT2D eigenvalue weighted by molar-refractivity contribution is 8.00. The van der Waals surface area contributed by atoms with E-state index in [0.29, 0.717) is 97.0 Å². The van der Waals surface area contributed by atoms with Gasteiger partial charge in [-0.3, -0.25) is 48.2 Å². The van der Waals surface area contributed by atoms with Crippen molar-refractivity contribution in [3.05, 3.63) is 124 Å². The highest BCUT2D eigenvalue weighted by atomic mass is 35.5. The van der Waals surface area contributed by atoms with E-state index in [2.05, 4.69) is 10.6 Å². The first-order valence-corrected chi connectivity index (χ1v) is 41.8. The van der Waals surface area contributed by atoms with Crippen molar-refractivity contribution in [3.63, 3.8) is 0 Å². The van der Waals surface area contributed by atoms with Crippen LogP contribution in [-0.4, -0.2) is 260 Å². The van der Waals surface area contributed by atoms with Crippen LogP contribution in [0.4, 0.5) is 26.7 Å². The third-order valence-corrected chi connectivity index (χ3v) is 22.2. The smallest absolute Gasteiger partial charge is 0.445 e. The van der Waals surface area contributed by atoms with Crippen molar-refractivity contribution in [2.75, 3.05) is 186 Å². The largest absolute Gasteiger partial charge is 0.524 e. The molecular weight excluding hydrogens is 1570 g/mol. The Morgan fingerprint density at radius 1 is 0.619 bits per heavy atom. The maximum atomic E-state index is 14.8. The topological polar surface area (TPSA) is 353 Å². The zero-order valence-electron chi connectivity index (χ0n) is 64.0. The molecule has 8 amide bonds. The molecule has 6 aromatic rings. The summed E-state index contributed by atoms with van der Waals surface area (Å²) in [4.78, 5) is 149. The van der Waals surface area contributed by atoms with E-state index < -0.39 is 49.7 Å². The van der Waals surface area contributed by atoms with Crippen LogP contribution in [0.2, 0.25) is 0 Å². The molecule has 0 radical (unpaired) electrons. The number of benzene rings is 5. The average Bonchev–Trinajstić information content (AvgIpc) is 1.62. The summed E-state index contributed by atoms with van der Waals surface area (Å²) in [5, 5.41) is 7.65. The molecule has 5 atom stereocenters. The number of anilines is 3. The second kappa shape index (κ2) is 44.3. The zero-order chi connectivity index (χ0) is 81.1. The van der Waals surface area contributed by atoms with Gasteiger partial charge in [0.1, 0.15) is 18.1 Å². The lowest BCUT2D eigenvalue weighted by atomic mass is 9.92. The second-order valence-corrected chi connectivity index (χ2v) is 31.1. The fourth-order valence-corrected chi connectivity index (χ4v) is 15.6. The van der Waals surface area contributed by atoms with Crippen molar-refractivity contribution in [2.24, 2.45) is 11.8 Å². The molecule has 1 saturated heterocycles. The third-order valence-electron chi connectivity index (χ3n) is 19.0. The standard InChI is InChI=1S/C78H98Cl2N7O23PS2/c1-50(2)72(82-68(89)21-27-102-31-33-104-35-37-106-39-40-107-38-36-105-34-32-103-30-26-85-69(90)44-67(112-6)76(85)94)62(88)41-51(3)73(91)81-55-17-15-52(16-18-55)49-108-77(95)83(24-28-100-4)22-23-84(25-29-101-5)78(96)109-63-42-60-70(58-13-9-7-11-56(58)63)53(45-79)47-86(60)74(92)65-19-20-66(113-65)75(93)87-48-54(46-80)71-59-14-10-8-12-57(59)64(43-61(71)87)110-111(97,98)99/h7-20,42-43,50-51,53-54,67,72H,21-41,44-49H2,1-6H3,(H,81,91)(H,82,89)(H2,97,98,99). The van der Waals surface area contributed by atoms with Crippen molar-refractivity contribution in [3.8, 4) is 11.5 Å². The van der Waals surface area contributed by atoms with E-state index in [1.165, 1.54) is 51.6 Å². The summed E-state index contributed by atoms with van der Waals surface area (Å²) in [5.41, 5.74) is 3.31. The Hall–Kier alpha value is -7.89. The van der Waals surface area contributed by atoms with Crippen LogP contribution in [0, 0.1) is 11.8 Å². The molecule has 1 fully saturated rings. The summed E-state index contributed by atoms with van der Waals surface area (Å²) in [6, 6.07) is 26.2. The molecule has 0 spiro atoms. The second-order valence-electron chi connectivity index (χ2n) is 27.2. The van der Waals surface area contributed by atoms with Crippen LogP contribution in [0.15, 0.2) is 97.1 Å². The van der Waals surface area contributed by atoms with Gasteiger partial charge in [0.25, 0.3) is 11.8 Å². The van der Waals surface area contributed by atoms with Gasteiger partial charge in [0, 0.05) is 131 Å². The molecule has 9 rings (SSSR count). The highest BCUT2D eigenvalue weighted by Crippen LogP contribution is 2.51. The predicted octanol–water partition coefficient (Wildman–Crippen LogP) is 9.88. The van der Waals surface area contributed by atoms with Crippen molar-refractivity contribution in [2.45, 2.75) is 69.8 Å². The van der Waals surface area contributed by atoms with Gasteiger partial charge >= 0.3 is 20.0 Å². The summed E-state index contributed by atoms with van der Waals surface area (Å²) < 4.78 is 73.1. The number of amides is 8. The lowest BCUT2D eigenvalue weighted by Gasteiger charge is -2.27. The maximum absolute atomic E-state index is 14.8. The van der Waals surface area contributed by atoms with E-state index in [-0.39, 0.29) is 191 Å². The van der Waals surface area contributed by atoms with E-state index in [1.807, 2.05) is 18.4 Å². The van der Waals surface area contributed by atoms with Gasteiger partial charge in [0.15, 0.2) is 5.78 Å². The summed E-state index contributed by atoms with van der Waals surface area (Å²) in [6.45, 7) is 9.72. The number of ketones is 1. The number of nitrogens with zero attached hydrogens (tertiary/aromatic N) is 5. The van der Waals surface area contributed by atoms with Crippen LogP contribution in [0.3, 0.4) is 0 Å². The predicted molar refractivity (Wildman–Crippen MR) is 427 cm³/mol. The van der Waals surface area contributed by atoms with Gasteiger partial charge in [-0.05, 0) is 63.9 Å². The lowest BCUT2D eigenvalue weighted by Crippen LogP contribution is -2.45. The van der Waals surface area contributed by atoms with Gasteiger partial charge in [0.05, 0.1) is 131 Å². The number of thiophene rings is 1. The number of fused-ring (bicyclic) bond motifs is 6. The summed E-state index contributed by atoms with van der Waals surface area (Å²) in [7, 11) is -2.05. The molecule has 0 bridgehead atoms. The molecule has 3 aliphatic heterocycles. The SMILES string of the molecule is COCCN(CCN(CCOC)C(=O)Oc1cc2c(c3ccccc13)C(CCl)CN2C(=O)c1ccc(C(=O)N2CC(CCl)c3c2cc(OP(=O)(O)O)c2ccccc32)s1)C(=O)OCc1ccc(NC(=O)C(C)CC(=O)C(NC(=O)CCOCCOCCOCCOCCOCCOCCN2C(=O)CC(SC)C2=O)C(C)C)cc1. The molecule has 5 unspecified atom stereocenters. The number of methoxy groups -OCH3 is 2. The minimum absolute atomic E-state index is 0.00795. The number of imide groups is 1. The number of alkyl halides is 2. The number of hydrogen-bond donors (Lipinski definition) is 4. The molecule has 4 heterocycles. The minimum Gasteiger partial charge on any atom is -0.445 e. The molecule has 614 valence electrons. The Morgan fingerprint density at radius 3 is 1.58 bits per heavy atom. The Bertz CT molecular complexity index is 4310. The van der Waals surface area contributed by atoms with Gasteiger partial charge in [-0.2, -0.15) is 11.8 Å². The van der Waals surface area contributed by atoms with Crippen LogP contribution in [0.5, 0.6) is 11.5 Å². The zero-order valence-corrected chi connectivity index (χ0v) is 68.1. The average molecular weight is 1670 g/mol. The summed E-state index contributed by atoms with van der Waals surface area (Å²) >= 11 is 15.5. The Kier molecular flexibility index (Phi) is 34.9. The monoisotopic (exact) mass is 1670 g/mol. The molecular formula is C78H98Cl2N7O23PS2. The molecule has 30 nitrogen and oxygen atoms in total. The van der Waals surface area contributed by atoms with Crippen molar-refractivity contribution >= 4 is 146 Å². The van der Waals surface area contributed by atoms with E-state index in [4.69, 9.17) is 75.1 Å². The first-order valence-electron chi connectivity index (χ1n) is 37.1. The van der Waals surface area contributed by atoms with Crippen LogP contribution < -0.4 is 29.7 Å². The fourth-order valence-electron chi connectivity index (χ4n) is 13.1. The maximum Gasteiger partial charge on any atom is 0.524 e. The molecule has 35 heteroatoms. The van der Waals surface area contributed by atoms with Crippen molar-refractivity contribution in [1.29, 1.82) is 0 Å². The number of Topliss-reactive ketones (excluding diaryl/α,β-unsaturated/α-hetero) is 1. The number of phosphoric ester groups is 1. The summed E-state index contributed by atoms with van der Waals surface area (Å²) in [6.07, 6.45) is 0.435. The highest BCUT2D eigenvalue weighted by Gasteiger charge is 2.41. The van der Waals surface area contributed by atoms with E-state index in [1.54, 1.807) is 105 Å². The van der Waals surface area contributed by atoms with Gasteiger partial charge in [0.2, 0.25) is 23.6 Å². The molecule has 3 aliphatic rings. The molecule has 113 heavy (non-hydrogen) atoms. The van der Waals surface area contributed by atoms with Gasteiger partial charge in [-0.15, -0.1) is 34.5 Å². The van der Waals surface area contributed by atoms with E-state index >= 15 is 0 Å². The van der Waals surface area contributed by atoms with Gasteiger partial charge in [-0.25, -0.2) is 14.2 Å².